The van der Waals surface area contributed by atoms with Crippen molar-refractivity contribution in [3.05, 3.63) is 70.5 Å². The van der Waals surface area contributed by atoms with Gasteiger partial charge in [-0.2, -0.15) is 0 Å². The van der Waals surface area contributed by atoms with Crippen LogP contribution in [-0.2, 0) is 11.2 Å². The van der Waals surface area contributed by atoms with Gasteiger partial charge < -0.3 is 15.8 Å². The highest BCUT2D eigenvalue weighted by Gasteiger charge is 2.37. The summed E-state index contributed by atoms with van der Waals surface area (Å²) >= 11 is 0. The van der Waals surface area contributed by atoms with Crippen molar-refractivity contribution in [1.82, 2.24) is 10.2 Å². The lowest BCUT2D eigenvalue weighted by molar-refractivity contribution is 0.0468. The van der Waals surface area contributed by atoms with Crippen LogP contribution in [0.5, 0.6) is 0 Å². The average Bonchev–Trinajstić information content (AvgIpc) is 2.91. The van der Waals surface area contributed by atoms with Gasteiger partial charge in [-0.3, -0.25) is 19.3 Å². The molecule has 1 aliphatic heterocycles. The molecule has 168 valence electrons. The number of primary amides is 1. The van der Waals surface area contributed by atoms with E-state index in [1.807, 2.05) is 0 Å². The van der Waals surface area contributed by atoms with Gasteiger partial charge in [-0.05, 0) is 57.0 Å². The van der Waals surface area contributed by atoms with E-state index < -0.39 is 41.3 Å². The first kappa shape index (κ1) is 22.9. The van der Waals surface area contributed by atoms with E-state index in [-0.39, 0.29) is 29.7 Å². The molecule has 8 nitrogen and oxygen atoms in total. The van der Waals surface area contributed by atoms with E-state index in [4.69, 9.17) is 10.5 Å². The van der Waals surface area contributed by atoms with Crippen LogP contribution < -0.4 is 11.1 Å². The molecule has 0 bridgehead atoms. The molecular formula is C23H24FN3O5. The third kappa shape index (κ3) is 5.11. The first-order valence-corrected chi connectivity index (χ1v) is 9.99. The lowest BCUT2D eigenvalue weighted by Gasteiger charge is -2.26. The Morgan fingerprint density at radius 3 is 2.19 bits per heavy atom. The molecule has 9 heteroatoms. The monoisotopic (exact) mass is 441 g/mol. The zero-order valence-corrected chi connectivity index (χ0v) is 18.0. The molecule has 0 saturated heterocycles. The number of nitrogens with zero attached hydrogens (tertiary/aromatic N) is 1. The van der Waals surface area contributed by atoms with Crippen LogP contribution in [-0.4, -0.2) is 46.9 Å². The standard InChI is InChI=1S/C23H24FN3O5/c1-23(2,3)32-22(31)26-14(10-13-8-9-17(19(25)28)18(24)11-13)12-27-20(29)15-6-4-5-7-16(15)21(27)30/h4-9,11,14H,10,12H2,1-3H3,(H2,25,28)(H,26,31)/t14-/m0/s1. The van der Waals surface area contributed by atoms with E-state index in [9.17, 15) is 23.6 Å². The van der Waals surface area contributed by atoms with E-state index in [2.05, 4.69) is 5.32 Å². The molecule has 0 aromatic heterocycles. The third-order valence-corrected chi connectivity index (χ3v) is 4.78. The molecule has 0 fully saturated rings. The smallest absolute Gasteiger partial charge is 0.407 e. The second-order valence-corrected chi connectivity index (χ2v) is 8.49. The van der Waals surface area contributed by atoms with Gasteiger partial charge in [0.05, 0.1) is 29.3 Å². The number of carbonyl (C=O) groups is 4. The predicted octanol–water partition coefficient (Wildman–Crippen LogP) is 2.66. The molecule has 32 heavy (non-hydrogen) atoms. The number of amides is 4. The minimum absolute atomic E-state index is 0.0720. The van der Waals surface area contributed by atoms with Crippen molar-refractivity contribution in [3.8, 4) is 0 Å². The van der Waals surface area contributed by atoms with Crippen molar-refractivity contribution < 1.29 is 28.3 Å². The number of benzene rings is 2. The van der Waals surface area contributed by atoms with Crippen LogP contribution in [0.15, 0.2) is 42.5 Å². The van der Waals surface area contributed by atoms with E-state index in [1.54, 1.807) is 45.0 Å². The van der Waals surface area contributed by atoms with Crippen molar-refractivity contribution >= 4 is 23.8 Å². The van der Waals surface area contributed by atoms with Gasteiger partial charge in [-0.15, -0.1) is 0 Å². The highest BCUT2D eigenvalue weighted by molar-refractivity contribution is 6.21. The lowest BCUT2D eigenvalue weighted by atomic mass is 10.0. The van der Waals surface area contributed by atoms with Crippen molar-refractivity contribution in [2.24, 2.45) is 5.73 Å². The average molecular weight is 441 g/mol. The molecule has 0 aliphatic carbocycles. The fourth-order valence-electron chi connectivity index (χ4n) is 3.43. The van der Waals surface area contributed by atoms with Crippen LogP contribution >= 0.6 is 0 Å². The first-order valence-electron chi connectivity index (χ1n) is 9.99. The zero-order valence-electron chi connectivity index (χ0n) is 18.0. The van der Waals surface area contributed by atoms with E-state index in [1.165, 1.54) is 12.1 Å². The van der Waals surface area contributed by atoms with Crippen LogP contribution in [0.2, 0.25) is 0 Å². The summed E-state index contributed by atoms with van der Waals surface area (Å²) in [5.74, 6) is -2.65. The summed E-state index contributed by atoms with van der Waals surface area (Å²) in [6, 6.07) is 9.54. The van der Waals surface area contributed by atoms with Gasteiger partial charge in [-0.1, -0.05) is 18.2 Å². The zero-order chi connectivity index (χ0) is 23.6. The summed E-state index contributed by atoms with van der Waals surface area (Å²) in [6.45, 7) is 4.95. The first-order chi connectivity index (χ1) is 15.0. The van der Waals surface area contributed by atoms with Gasteiger partial charge in [0.15, 0.2) is 0 Å². The highest BCUT2D eigenvalue weighted by atomic mass is 19.1. The Hall–Kier alpha value is -3.75. The summed E-state index contributed by atoms with van der Waals surface area (Å²) in [5, 5.41) is 2.65. The van der Waals surface area contributed by atoms with Crippen LogP contribution in [0.1, 0.15) is 57.4 Å². The Balaban J connectivity index is 1.84. The topological polar surface area (TPSA) is 119 Å². The number of fused-ring (bicyclic) bond motifs is 1. The van der Waals surface area contributed by atoms with Gasteiger partial charge in [0.1, 0.15) is 11.4 Å². The minimum Gasteiger partial charge on any atom is -0.444 e. The molecule has 1 atom stereocenters. The molecule has 0 unspecified atom stereocenters. The number of ether oxygens (including phenoxy) is 1. The van der Waals surface area contributed by atoms with Crippen molar-refractivity contribution in [2.45, 2.75) is 38.8 Å². The maximum atomic E-state index is 14.2. The molecule has 2 aromatic carbocycles. The van der Waals surface area contributed by atoms with Gasteiger partial charge in [0.25, 0.3) is 17.7 Å². The third-order valence-electron chi connectivity index (χ3n) is 4.78. The number of carbonyl (C=O) groups excluding carboxylic acids is 4. The Morgan fingerprint density at radius 1 is 1.09 bits per heavy atom. The lowest BCUT2D eigenvalue weighted by Crippen LogP contribution is -2.48. The summed E-state index contributed by atoms with van der Waals surface area (Å²) < 4.78 is 19.5. The normalized spacial score (nSPS) is 14.2. The summed E-state index contributed by atoms with van der Waals surface area (Å²) in [4.78, 5) is 50.1. The fraction of sp³-hybridized carbons (Fsp3) is 0.304. The summed E-state index contributed by atoms with van der Waals surface area (Å²) in [6.07, 6.45) is -0.670. The second-order valence-electron chi connectivity index (χ2n) is 8.49. The molecule has 0 saturated carbocycles. The van der Waals surface area contributed by atoms with Gasteiger partial charge in [0, 0.05) is 0 Å². The van der Waals surface area contributed by atoms with Crippen molar-refractivity contribution in [1.29, 1.82) is 0 Å². The highest BCUT2D eigenvalue weighted by Crippen LogP contribution is 2.23. The van der Waals surface area contributed by atoms with Crippen LogP contribution in [0.25, 0.3) is 0 Å². The van der Waals surface area contributed by atoms with Gasteiger partial charge >= 0.3 is 6.09 Å². The van der Waals surface area contributed by atoms with E-state index in [0.29, 0.717) is 5.56 Å². The molecule has 4 amide bonds. The SMILES string of the molecule is CC(C)(C)OC(=O)N[C@@H](Cc1ccc(C(N)=O)c(F)c1)CN1C(=O)c2ccccc2C1=O. The number of hydrogen-bond acceptors (Lipinski definition) is 5. The molecule has 2 aromatic rings. The number of alkyl carbamates (subject to hydrolysis) is 1. The Labute approximate surface area is 184 Å². The Morgan fingerprint density at radius 2 is 1.69 bits per heavy atom. The molecule has 1 heterocycles. The maximum Gasteiger partial charge on any atom is 0.407 e. The summed E-state index contributed by atoms with van der Waals surface area (Å²) in [7, 11) is 0. The number of rotatable bonds is 6. The number of nitrogens with two attached hydrogens (primary N) is 1. The minimum atomic E-state index is -0.900. The molecule has 0 radical (unpaired) electrons. The van der Waals surface area contributed by atoms with Crippen LogP contribution in [0.4, 0.5) is 9.18 Å². The quantitative estimate of drug-likeness (QED) is 0.668. The predicted molar refractivity (Wildman–Crippen MR) is 114 cm³/mol. The Bertz CT molecular complexity index is 1060. The van der Waals surface area contributed by atoms with Gasteiger partial charge in [-0.25, -0.2) is 9.18 Å². The van der Waals surface area contributed by atoms with Crippen LogP contribution in [0, 0.1) is 5.82 Å². The molecular weight excluding hydrogens is 417 g/mol. The number of halogens is 1. The molecule has 3 N–H and O–H groups in total. The number of imide groups is 1. The number of hydrogen-bond donors (Lipinski definition) is 2. The number of nitrogens with one attached hydrogen (secondary N) is 1. The molecule has 1 aliphatic rings. The van der Waals surface area contributed by atoms with Gasteiger partial charge in [0.2, 0.25) is 0 Å². The van der Waals surface area contributed by atoms with Crippen molar-refractivity contribution in [2.75, 3.05) is 6.54 Å². The largest absolute Gasteiger partial charge is 0.444 e. The fourth-order valence-corrected chi connectivity index (χ4v) is 3.43. The molecule has 3 rings (SSSR count). The van der Waals surface area contributed by atoms with E-state index in [0.717, 1.165) is 11.0 Å². The summed E-state index contributed by atoms with van der Waals surface area (Å²) in [5.41, 5.74) is 5.12. The molecule has 0 spiro atoms. The second kappa shape index (κ2) is 8.78. The maximum absolute atomic E-state index is 14.2. The van der Waals surface area contributed by atoms with E-state index >= 15 is 0 Å². The Kier molecular flexibility index (Phi) is 6.29. The van der Waals surface area contributed by atoms with Crippen molar-refractivity contribution in [3.63, 3.8) is 0 Å². The van der Waals surface area contributed by atoms with Crippen LogP contribution in [0.3, 0.4) is 0 Å².